The molecule has 0 saturated carbocycles. The third-order valence-electron chi connectivity index (χ3n) is 3.36. The minimum Gasteiger partial charge on any atom is -0.481 e. The lowest BCUT2D eigenvalue weighted by Gasteiger charge is -2.12. The average Bonchev–Trinajstić information content (AvgIpc) is 2.45. The second-order valence-corrected chi connectivity index (χ2v) is 4.88. The third-order valence-corrected chi connectivity index (χ3v) is 3.36. The molecule has 0 heterocycles. The fraction of sp³-hybridized carbons (Fsp3) is 0.188. The summed E-state index contributed by atoms with van der Waals surface area (Å²) in [6.07, 6.45) is -4.57. The molecule has 116 valence electrons. The molecule has 0 aliphatic rings. The number of hydrogen-bond donors (Lipinski definition) is 1. The molecule has 0 spiro atoms. The molecular weight excluding hydrogens is 300 g/mol. The molecule has 0 bridgehead atoms. The molecular formula is C16H12F4O2. The van der Waals surface area contributed by atoms with Crippen LogP contribution >= 0.6 is 0 Å². The van der Waals surface area contributed by atoms with E-state index in [1.807, 2.05) is 0 Å². The molecule has 1 N–H and O–H groups in total. The van der Waals surface area contributed by atoms with Crippen molar-refractivity contribution >= 4 is 5.97 Å². The van der Waals surface area contributed by atoms with Crippen LogP contribution in [0.15, 0.2) is 42.5 Å². The Balaban J connectivity index is 2.52. The van der Waals surface area contributed by atoms with E-state index in [1.165, 1.54) is 31.2 Å². The second-order valence-electron chi connectivity index (χ2n) is 4.88. The van der Waals surface area contributed by atoms with Crippen molar-refractivity contribution < 1.29 is 27.5 Å². The molecule has 2 aromatic carbocycles. The van der Waals surface area contributed by atoms with Crippen LogP contribution in [0.3, 0.4) is 0 Å². The van der Waals surface area contributed by atoms with Gasteiger partial charge in [0.2, 0.25) is 0 Å². The number of hydrogen-bond acceptors (Lipinski definition) is 1. The molecule has 0 fully saturated rings. The van der Waals surface area contributed by atoms with Crippen molar-refractivity contribution in [2.24, 2.45) is 0 Å². The fourth-order valence-electron chi connectivity index (χ4n) is 2.04. The maximum Gasteiger partial charge on any atom is 0.416 e. The minimum absolute atomic E-state index is 0.203. The molecule has 1 atom stereocenters. The van der Waals surface area contributed by atoms with Crippen LogP contribution in [0.1, 0.15) is 24.0 Å². The van der Waals surface area contributed by atoms with Crippen LogP contribution in [0.5, 0.6) is 0 Å². The van der Waals surface area contributed by atoms with Crippen molar-refractivity contribution in [2.45, 2.75) is 19.0 Å². The summed E-state index contributed by atoms with van der Waals surface area (Å²) < 4.78 is 52.0. The highest BCUT2D eigenvalue weighted by Gasteiger charge is 2.31. The molecule has 0 aliphatic carbocycles. The third kappa shape index (κ3) is 3.27. The van der Waals surface area contributed by atoms with Crippen molar-refractivity contribution in [3.05, 3.63) is 59.4 Å². The summed E-state index contributed by atoms with van der Waals surface area (Å²) in [5.41, 5.74) is -0.578. The van der Waals surface area contributed by atoms with Gasteiger partial charge in [0.05, 0.1) is 11.5 Å². The molecule has 0 aliphatic heterocycles. The molecule has 6 heteroatoms. The van der Waals surface area contributed by atoms with E-state index in [0.29, 0.717) is 11.6 Å². The smallest absolute Gasteiger partial charge is 0.416 e. The minimum atomic E-state index is -4.57. The van der Waals surface area contributed by atoms with Crippen LogP contribution in [0, 0.1) is 5.82 Å². The highest BCUT2D eigenvalue weighted by Crippen LogP contribution is 2.34. The molecule has 0 saturated heterocycles. The zero-order chi connectivity index (χ0) is 16.5. The molecule has 1 unspecified atom stereocenters. The molecule has 2 aromatic rings. The number of aliphatic carboxylic acids is 1. The van der Waals surface area contributed by atoms with Gasteiger partial charge in [0.1, 0.15) is 5.82 Å². The molecule has 2 nitrogen and oxygen atoms in total. The van der Waals surface area contributed by atoms with Crippen LogP contribution in [-0.4, -0.2) is 11.1 Å². The highest BCUT2D eigenvalue weighted by molar-refractivity contribution is 5.77. The SMILES string of the molecule is CC(C(=O)O)c1cccc(-c2cc(C(F)(F)F)ccc2F)c1. The first kappa shape index (κ1) is 16.0. The summed E-state index contributed by atoms with van der Waals surface area (Å²) in [5, 5.41) is 8.98. The van der Waals surface area contributed by atoms with E-state index in [0.717, 1.165) is 12.1 Å². The van der Waals surface area contributed by atoms with Gasteiger partial charge in [-0.1, -0.05) is 24.3 Å². The van der Waals surface area contributed by atoms with Gasteiger partial charge in [-0.05, 0) is 36.2 Å². The van der Waals surface area contributed by atoms with E-state index in [1.54, 1.807) is 0 Å². The lowest BCUT2D eigenvalue weighted by molar-refractivity contribution is -0.138. The number of carbonyl (C=O) groups is 1. The average molecular weight is 312 g/mol. The maximum absolute atomic E-state index is 13.9. The Kier molecular flexibility index (Phi) is 4.21. The van der Waals surface area contributed by atoms with Gasteiger partial charge in [-0.2, -0.15) is 13.2 Å². The zero-order valence-electron chi connectivity index (χ0n) is 11.5. The maximum atomic E-state index is 13.9. The van der Waals surface area contributed by atoms with E-state index in [2.05, 4.69) is 0 Å². The second kappa shape index (κ2) is 5.79. The van der Waals surface area contributed by atoms with E-state index >= 15 is 0 Å². The molecule has 0 radical (unpaired) electrons. The number of benzene rings is 2. The van der Waals surface area contributed by atoms with E-state index in [-0.39, 0.29) is 11.1 Å². The Morgan fingerprint density at radius 3 is 2.41 bits per heavy atom. The van der Waals surface area contributed by atoms with Crippen molar-refractivity contribution in [1.82, 2.24) is 0 Å². The first-order valence-electron chi connectivity index (χ1n) is 6.40. The van der Waals surface area contributed by atoms with E-state index < -0.39 is 29.4 Å². The van der Waals surface area contributed by atoms with E-state index in [4.69, 9.17) is 5.11 Å². The van der Waals surface area contributed by atoms with Crippen molar-refractivity contribution in [2.75, 3.05) is 0 Å². The van der Waals surface area contributed by atoms with Gasteiger partial charge < -0.3 is 5.11 Å². The summed E-state index contributed by atoms with van der Waals surface area (Å²) >= 11 is 0. The Bertz CT molecular complexity index is 708. The standard InChI is InChI=1S/C16H12F4O2/c1-9(15(21)22)10-3-2-4-11(7-10)13-8-12(16(18,19)20)5-6-14(13)17/h2-9H,1H3,(H,21,22). The number of halogens is 4. The van der Waals surface area contributed by atoms with Crippen LogP contribution in [0.2, 0.25) is 0 Å². The van der Waals surface area contributed by atoms with Crippen molar-refractivity contribution in [3.8, 4) is 11.1 Å². The summed E-state index contributed by atoms with van der Waals surface area (Å²) in [6.45, 7) is 1.45. The summed E-state index contributed by atoms with van der Waals surface area (Å²) in [4.78, 5) is 11.0. The Labute approximate surface area is 124 Å². The van der Waals surface area contributed by atoms with Crippen LogP contribution in [0.25, 0.3) is 11.1 Å². The monoisotopic (exact) mass is 312 g/mol. The quantitative estimate of drug-likeness (QED) is 0.834. The largest absolute Gasteiger partial charge is 0.481 e. The van der Waals surface area contributed by atoms with Gasteiger partial charge in [-0.3, -0.25) is 4.79 Å². The van der Waals surface area contributed by atoms with Crippen LogP contribution < -0.4 is 0 Å². The van der Waals surface area contributed by atoms with Gasteiger partial charge in [0.15, 0.2) is 0 Å². The number of carboxylic acids is 1. The number of rotatable bonds is 3. The first-order valence-corrected chi connectivity index (χ1v) is 6.40. The van der Waals surface area contributed by atoms with Gasteiger partial charge >= 0.3 is 12.1 Å². The number of alkyl halides is 3. The molecule has 0 aromatic heterocycles. The molecule has 22 heavy (non-hydrogen) atoms. The van der Waals surface area contributed by atoms with Gasteiger partial charge in [-0.25, -0.2) is 4.39 Å². The lowest BCUT2D eigenvalue weighted by Crippen LogP contribution is -2.07. The van der Waals surface area contributed by atoms with Crippen LogP contribution in [0.4, 0.5) is 17.6 Å². The van der Waals surface area contributed by atoms with Gasteiger partial charge in [0, 0.05) is 5.56 Å². The van der Waals surface area contributed by atoms with Gasteiger partial charge in [0.25, 0.3) is 0 Å². The summed E-state index contributed by atoms with van der Waals surface area (Å²) in [5.74, 6) is -2.70. The zero-order valence-corrected chi connectivity index (χ0v) is 11.5. The van der Waals surface area contributed by atoms with Crippen molar-refractivity contribution in [3.63, 3.8) is 0 Å². The molecule has 2 rings (SSSR count). The van der Waals surface area contributed by atoms with Crippen LogP contribution in [-0.2, 0) is 11.0 Å². The lowest BCUT2D eigenvalue weighted by atomic mass is 9.95. The van der Waals surface area contributed by atoms with Crippen molar-refractivity contribution in [1.29, 1.82) is 0 Å². The Hall–Kier alpha value is -2.37. The first-order chi connectivity index (χ1) is 10.2. The predicted molar refractivity (Wildman–Crippen MR) is 72.9 cm³/mol. The van der Waals surface area contributed by atoms with Gasteiger partial charge in [-0.15, -0.1) is 0 Å². The summed E-state index contributed by atoms with van der Waals surface area (Å²) in [7, 11) is 0. The number of carboxylic acid groups (broad SMARTS) is 1. The topological polar surface area (TPSA) is 37.3 Å². The van der Waals surface area contributed by atoms with E-state index in [9.17, 15) is 22.4 Å². The highest BCUT2D eigenvalue weighted by atomic mass is 19.4. The molecule has 0 amide bonds. The fourth-order valence-corrected chi connectivity index (χ4v) is 2.04. The Morgan fingerprint density at radius 1 is 1.14 bits per heavy atom. The predicted octanol–water partition coefficient (Wildman–Crippen LogP) is 4.70. The normalized spacial score (nSPS) is 13.0. The summed E-state index contributed by atoms with van der Waals surface area (Å²) in [6, 6.07) is 8.00. The Morgan fingerprint density at radius 2 is 1.82 bits per heavy atom.